The molecule has 0 aliphatic heterocycles. The lowest BCUT2D eigenvalue weighted by molar-refractivity contribution is -2.00. The lowest BCUT2D eigenvalue weighted by atomic mass is 10.1. The van der Waals surface area contributed by atoms with Gasteiger partial charge in [-0.1, -0.05) is 25.1 Å². The highest BCUT2D eigenvalue weighted by Gasteiger charge is 2.14. The molecular formula is C14H15ClO5. The minimum atomic E-state index is -4.94. The van der Waals surface area contributed by atoms with Gasteiger partial charge in [0.05, 0.1) is 18.1 Å². The molecule has 0 bridgehead atoms. The number of hydrogen-bond acceptors (Lipinski definition) is 4. The van der Waals surface area contributed by atoms with E-state index in [9.17, 15) is 0 Å². The van der Waals surface area contributed by atoms with Crippen LogP contribution in [0.2, 0.25) is 0 Å². The molecule has 0 fully saturated rings. The molecule has 20 heavy (non-hydrogen) atoms. The summed E-state index contributed by atoms with van der Waals surface area (Å²) in [5, 5.41) is 0. The van der Waals surface area contributed by atoms with Gasteiger partial charge in [0.1, 0.15) is 0 Å². The summed E-state index contributed by atoms with van der Waals surface area (Å²) < 4.78 is 39.8. The first-order valence-electron chi connectivity index (χ1n) is 5.91. The van der Waals surface area contributed by atoms with Gasteiger partial charge in [-0.25, -0.2) is 23.1 Å². The Balaban J connectivity index is 0.000000347. The zero-order valence-electron chi connectivity index (χ0n) is 11.2. The standard InChI is InChI=1S/C14H15O.ClHO4/c1-3-12-9-10-14(15-11(12)2)13-7-5-4-6-8-13;2-1(3,4)5/h4-10H,3H2,1-2H3;(H,2,3,4,5)/q+1;/p-1. The average molecular weight is 299 g/mol. The van der Waals surface area contributed by atoms with Crippen LogP contribution in [-0.4, -0.2) is 0 Å². The second-order valence-corrected chi connectivity index (χ2v) is 4.73. The summed E-state index contributed by atoms with van der Waals surface area (Å²) in [5.74, 6) is 1.95. The molecule has 1 aromatic heterocycles. The van der Waals surface area contributed by atoms with Crippen LogP contribution in [0.3, 0.4) is 0 Å². The Morgan fingerprint density at radius 3 is 1.95 bits per heavy atom. The van der Waals surface area contributed by atoms with E-state index >= 15 is 0 Å². The Hall–Kier alpha value is -1.50. The van der Waals surface area contributed by atoms with Crippen LogP contribution in [0.25, 0.3) is 11.3 Å². The Morgan fingerprint density at radius 2 is 1.50 bits per heavy atom. The molecule has 0 aliphatic carbocycles. The van der Waals surface area contributed by atoms with Gasteiger partial charge in [-0.15, -0.1) is 10.2 Å². The summed E-state index contributed by atoms with van der Waals surface area (Å²) in [5.41, 5.74) is 2.40. The first-order valence-corrected chi connectivity index (χ1v) is 7.14. The van der Waals surface area contributed by atoms with Gasteiger partial charge >= 0.3 is 11.5 Å². The Labute approximate surface area is 119 Å². The largest absolute Gasteiger partial charge is 0.360 e. The van der Waals surface area contributed by atoms with Crippen molar-refractivity contribution in [3.8, 4) is 11.3 Å². The lowest BCUT2D eigenvalue weighted by Crippen LogP contribution is -2.68. The van der Waals surface area contributed by atoms with E-state index in [2.05, 4.69) is 25.1 Å². The zero-order valence-corrected chi connectivity index (χ0v) is 11.9. The van der Waals surface area contributed by atoms with Crippen LogP contribution in [-0.2, 0) is 6.42 Å². The van der Waals surface area contributed by atoms with Gasteiger partial charge in [-0.3, -0.25) is 0 Å². The van der Waals surface area contributed by atoms with E-state index in [0.29, 0.717) is 0 Å². The number of halogens is 1. The third-order valence-corrected chi connectivity index (χ3v) is 2.59. The average Bonchev–Trinajstić information content (AvgIpc) is 2.38. The van der Waals surface area contributed by atoms with E-state index in [1.165, 1.54) is 5.56 Å². The SMILES string of the molecule is CCc1ccc(-c2ccccc2)[o+]c1C.[O-][Cl+3]([O-])([O-])[O-]. The van der Waals surface area contributed by atoms with Crippen molar-refractivity contribution in [3.63, 3.8) is 0 Å². The molecule has 6 heteroatoms. The van der Waals surface area contributed by atoms with E-state index in [0.717, 1.165) is 23.5 Å². The van der Waals surface area contributed by atoms with Crippen molar-refractivity contribution in [2.45, 2.75) is 20.3 Å². The molecule has 0 aliphatic rings. The van der Waals surface area contributed by atoms with Crippen LogP contribution >= 0.6 is 0 Å². The molecule has 0 spiro atoms. The Kier molecular flexibility index (Phi) is 6.06. The number of hydrogen-bond donors (Lipinski definition) is 0. The molecule has 0 unspecified atom stereocenters. The highest BCUT2D eigenvalue weighted by molar-refractivity contribution is 5.56. The van der Waals surface area contributed by atoms with Gasteiger partial charge < -0.3 is 0 Å². The molecular weight excluding hydrogens is 284 g/mol. The fraction of sp³-hybridized carbons (Fsp3) is 0.214. The van der Waals surface area contributed by atoms with Gasteiger partial charge in [0.2, 0.25) is 0 Å². The highest BCUT2D eigenvalue weighted by Crippen LogP contribution is 2.22. The molecule has 0 amide bonds. The van der Waals surface area contributed by atoms with Crippen molar-refractivity contribution in [2.75, 3.05) is 0 Å². The van der Waals surface area contributed by atoms with E-state index in [1.807, 2.05) is 31.2 Å². The Morgan fingerprint density at radius 1 is 0.950 bits per heavy atom. The number of rotatable bonds is 2. The molecule has 0 saturated carbocycles. The van der Waals surface area contributed by atoms with Gasteiger partial charge in [-0.05, 0) is 24.6 Å². The summed E-state index contributed by atoms with van der Waals surface area (Å²) >= 11 is 0. The van der Waals surface area contributed by atoms with Crippen molar-refractivity contribution < 1.29 is 33.3 Å². The predicted octanol–water partition coefficient (Wildman–Crippen LogP) is -0.657. The second-order valence-electron chi connectivity index (χ2n) is 3.98. The third-order valence-electron chi connectivity index (χ3n) is 2.59. The second kappa shape index (κ2) is 7.33. The van der Waals surface area contributed by atoms with E-state index < -0.39 is 10.2 Å². The predicted molar refractivity (Wildman–Crippen MR) is 62.7 cm³/mol. The molecule has 0 radical (unpaired) electrons. The quantitative estimate of drug-likeness (QED) is 0.685. The van der Waals surface area contributed by atoms with Crippen LogP contribution < -0.4 is 18.6 Å². The molecule has 2 rings (SSSR count). The molecule has 1 aromatic carbocycles. The monoisotopic (exact) mass is 298 g/mol. The maximum absolute atomic E-state index is 8.49. The molecule has 0 N–H and O–H groups in total. The molecule has 2 aromatic rings. The summed E-state index contributed by atoms with van der Waals surface area (Å²) in [4.78, 5) is 0. The summed E-state index contributed by atoms with van der Waals surface area (Å²) in [7, 11) is -4.94. The minimum Gasteiger partial charge on any atom is -0.222 e. The summed E-state index contributed by atoms with van der Waals surface area (Å²) in [6, 6.07) is 14.4. The van der Waals surface area contributed by atoms with Crippen molar-refractivity contribution >= 4 is 0 Å². The maximum atomic E-state index is 8.49. The van der Waals surface area contributed by atoms with Gasteiger partial charge in [0, 0.05) is 6.07 Å². The minimum absolute atomic E-state index is 0.935. The molecule has 0 atom stereocenters. The summed E-state index contributed by atoms with van der Waals surface area (Å²) in [6.45, 7) is 4.16. The topological polar surface area (TPSA) is 104 Å². The number of benzene rings is 1. The normalized spacial score (nSPS) is 10.7. The van der Waals surface area contributed by atoms with Crippen LogP contribution in [0.15, 0.2) is 46.9 Å². The van der Waals surface area contributed by atoms with Crippen molar-refractivity contribution in [3.05, 3.63) is 53.8 Å². The highest BCUT2D eigenvalue weighted by atomic mass is 35.7. The van der Waals surface area contributed by atoms with Gasteiger partial charge in [0.15, 0.2) is 0 Å². The van der Waals surface area contributed by atoms with E-state index in [-0.39, 0.29) is 0 Å². The maximum Gasteiger partial charge on any atom is 0.360 e. The van der Waals surface area contributed by atoms with Crippen LogP contribution in [0.1, 0.15) is 18.2 Å². The first-order chi connectivity index (χ1) is 9.31. The molecule has 5 nitrogen and oxygen atoms in total. The lowest BCUT2D eigenvalue weighted by Gasteiger charge is -2.17. The van der Waals surface area contributed by atoms with Crippen molar-refractivity contribution in [2.24, 2.45) is 0 Å². The fourth-order valence-corrected chi connectivity index (χ4v) is 1.68. The van der Waals surface area contributed by atoms with Gasteiger partial charge in [-0.2, -0.15) is 0 Å². The van der Waals surface area contributed by atoms with Gasteiger partial charge in [0.25, 0.3) is 0 Å². The number of aryl methyl sites for hydroxylation is 2. The smallest absolute Gasteiger partial charge is 0.222 e. The van der Waals surface area contributed by atoms with Crippen molar-refractivity contribution in [1.82, 2.24) is 0 Å². The van der Waals surface area contributed by atoms with Crippen LogP contribution in [0.5, 0.6) is 0 Å². The molecule has 1 heterocycles. The van der Waals surface area contributed by atoms with Crippen LogP contribution in [0.4, 0.5) is 0 Å². The van der Waals surface area contributed by atoms with E-state index in [4.69, 9.17) is 23.1 Å². The summed E-state index contributed by atoms with van der Waals surface area (Å²) in [6.07, 6.45) is 1.02. The Bertz CT molecular complexity index is 531. The zero-order chi connectivity index (χ0) is 15.2. The third kappa shape index (κ3) is 6.10. The first kappa shape index (κ1) is 16.6. The van der Waals surface area contributed by atoms with Crippen molar-refractivity contribution in [1.29, 1.82) is 0 Å². The molecule has 108 valence electrons. The van der Waals surface area contributed by atoms with Crippen LogP contribution in [0, 0.1) is 17.2 Å². The fourth-order valence-electron chi connectivity index (χ4n) is 1.68. The van der Waals surface area contributed by atoms with E-state index in [1.54, 1.807) is 0 Å². The molecule has 0 saturated heterocycles.